The van der Waals surface area contributed by atoms with E-state index in [0.717, 1.165) is 16.8 Å². The lowest BCUT2D eigenvalue weighted by Crippen LogP contribution is -2.41. The molecule has 0 amide bonds. The van der Waals surface area contributed by atoms with Gasteiger partial charge in [0.2, 0.25) is 10.0 Å². The van der Waals surface area contributed by atoms with Gasteiger partial charge >= 0.3 is 5.97 Å². The molecular weight excluding hydrogens is 478 g/mol. The van der Waals surface area contributed by atoms with E-state index in [1.807, 2.05) is 70.2 Å². The number of carbonyl (C=O) groups is 1. The van der Waals surface area contributed by atoms with Crippen LogP contribution in [0.25, 0.3) is 11.3 Å². The summed E-state index contributed by atoms with van der Waals surface area (Å²) in [5.74, 6) is -0.336. The molecule has 36 heavy (non-hydrogen) atoms. The van der Waals surface area contributed by atoms with Crippen molar-refractivity contribution in [1.29, 1.82) is 0 Å². The highest BCUT2D eigenvalue weighted by Gasteiger charge is 2.29. The first kappa shape index (κ1) is 26.1. The van der Waals surface area contributed by atoms with Crippen LogP contribution in [0, 0.1) is 6.92 Å². The first-order chi connectivity index (χ1) is 17.1. The van der Waals surface area contributed by atoms with E-state index in [9.17, 15) is 13.2 Å². The van der Waals surface area contributed by atoms with E-state index in [2.05, 4.69) is 0 Å². The third-order valence-corrected chi connectivity index (χ3v) is 8.00. The lowest BCUT2D eigenvalue weighted by atomic mass is 10.0. The van der Waals surface area contributed by atoms with Gasteiger partial charge in [-0.3, -0.25) is 9.48 Å². The quantitative estimate of drug-likeness (QED) is 0.448. The minimum absolute atomic E-state index is 0.0705. The van der Waals surface area contributed by atoms with E-state index in [1.54, 1.807) is 16.8 Å². The Kier molecular flexibility index (Phi) is 7.63. The van der Waals surface area contributed by atoms with Crippen LogP contribution in [0.2, 0.25) is 0 Å². The summed E-state index contributed by atoms with van der Waals surface area (Å²) < 4.78 is 41.0. The zero-order valence-corrected chi connectivity index (χ0v) is 22.0. The number of aromatic nitrogens is 2. The molecule has 1 aliphatic rings. The fourth-order valence-electron chi connectivity index (χ4n) is 4.27. The third kappa shape index (κ3) is 5.86. The van der Waals surface area contributed by atoms with Gasteiger partial charge in [-0.2, -0.15) is 9.40 Å². The molecular formula is C27H33N3O5S. The Hall–Kier alpha value is -3.01. The van der Waals surface area contributed by atoms with Crippen molar-refractivity contribution in [2.24, 2.45) is 0 Å². The molecule has 0 unspecified atom stereocenters. The van der Waals surface area contributed by atoms with Crippen LogP contribution in [-0.4, -0.2) is 60.4 Å². The minimum Gasteiger partial charge on any atom is -0.460 e. The Bertz CT molecular complexity index is 1320. The SMILES string of the molecule is Cc1c(CC(=O)OC(C)(C)C)c(-c2ccccc2)nn1Cc1ccccc1S(=O)(=O)N1CCOCC1. The lowest BCUT2D eigenvalue weighted by Gasteiger charge is -2.27. The average Bonchev–Trinajstić information content (AvgIpc) is 3.14. The number of sulfonamides is 1. The summed E-state index contributed by atoms with van der Waals surface area (Å²) in [6.45, 7) is 9.09. The maximum Gasteiger partial charge on any atom is 0.310 e. The Labute approximate surface area is 212 Å². The minimum atomic E-state index is -3.68. The van der Waals surface area contributed by atoms with Crippen LogP contribution in [0.1, 0.15) is 37.6 Å². The molecule has 0 radical (unpaired) electrons. The average molecular weight is 512 g/mol. The van der Waals surface area contributed by atoms with Crippen molar-refractivity contribution in [2.75, 3.05) is 26.3 Å². The summed E-state index contributed by atoms with van der Waals surface area (Å²) in [5.41, 5.74) is 3.17. The smallest absolute Gasteiger partial charge is 0.310 e. The molecule has 8 nitrogen and oxygen atoms in total. The van der Waals surface area contributed by atoms with E-state index in [1.165, 1.54) is 4.31 Å². The maximum absolute atomic E-state index is 13.4. The van der Waals surface area contributed by atoms with Crippen molar-refractivity contribution >= 4 is 16.0 Å². The number of morpholine rings is 1. The van der Waals surface area contributed by atoms with E-state index in [-0.39, 0.29) is 23.8 Å². The maximum atomic E-state index is 13.4. The molecule has 0 atom stereocenters. The molecule has 0 saturated carbocycles. The highest BCUT2D eigenvalue weighted by atomic mass is 32.2. The zero-order valence-electron chi connectivity index (χ0n) is 21.2. The number of hydrogen-bond donors (Lipinski definition) is 0. The molecule has 9 heteroatoms. The molecule has 3 aromatic rings. The molecule has 2 aromatic carbocycles. The lowest BCUT2D eigenvalue weighted by molar-refractivity contribution is -0.153. The molecule has 1 fully saturated rings. The van der Waals surface area contributed by atoms with Gasteiger partial charge in [0.1, 0.15) is 5.60 Å². The highest BCUT2D eigenvalue weighted by molar-refractivity contribution is 7.89. The van der Waals surface area contributed by atoms with Crippen molar-refractivity contribution in [3.05, 3.63) is 71.4 Å². The molecule has 0 spiro atoms. The summed E-state index contributed by atoms with van der Waals surface area (Å²) >= 11 is 0. The molecule has 0 N–H and O–H groups in total. The van der Waals surface area contributed by atoms with E-state index in [0.29, 0.717) is 37.6 Å². The second-order valence-corrected chi connectivity index (χ2v) is 11.7. The number of rotatable bonds is 7. The summed E-state index contributed by atoms with van der Waals surface area (Å²) in [6, 6.07) is 16.7. The number of hydrogen-bond acceptors (Lipinski definition) is 6. The van der Waals surface area contributed by atoms with Gasteiger partial charge in [-0.15, -0.1) is 0 Å². The van der Waals surface area contributed by atoms with Gasteiger partial charge in [-0.25, -0.2) is 8.42 Å². The van der Waals surface area contributed by atoms with E-state index in [4.69, 9.17) is 14.6 Å². The van der Waals surface area contributed by atoms with Crippen molar-refractivity contribution in [3.8, 4) is 11.3 Å². The van der Waals surface area contributed by atoms with Crippen LogP contribution < -0.4 is 0 Å². The molecule has 2 heterocycles. The zero-order chi connectivity index (χ0) is 25.9. The van der Waals surface area contributed by atoms with Gasteiger partial charge in [0, 0.05) is 29.9 Å². The number of benzene rings is 2. The Balaban J connectivity index is 1.72. The largest absolute Gasteiger partial charge is 0.460 e. The molecule has 1 aliphatic heterocycles. The van der Waals surface area contributed by atoms with Gasteiger partial charge < -0.3 is 9.47 Å². The summed E-state index contributed by atoms with van der Waals surface area (Å²) in [6.07, 6.45) is 0.0705. The van der Waals surface area contributed by atoms with Crippen molar-refractivity contribution < 1.29 is 22.7 Å². The normalized spacial score (nSPS) is 15.1. The topological polar surface area (TPSA) is 90.7 Å². The molecule has 4 rings (SSSR count). The van der Waals surface area contributed by atoms with Crippen LogP contribution in [0.3, 0.4) is 0 Å². The van der Waals surface area contributed by atoms with Crippen LogP contribution in [0.5, 0.6) is 0 Å². The van der Waals surface area contributed by atoms with Crippen molar-refractivity contribution in [3.63, 3.8) is 0 Å². The monoisotopic (exact) mass is 511 g/mol. The first-order valence-electron chi connectivity index (χ1n) is 12.1. The summed E-state index contributed by atoms with van der Waals surface area (Å²) in [5, 5.41) is 4.84. The number of ether oxygens (including phenoxy) is 2. The summed E-state index contributed by atoms with van der Waals surface area (Å²) in [7, 11) is -3.68. The molecule has 192 valence electrons. The van der Waals surface area contributed by atoms with Gasteiger partial charge in [0.15, 0.2) is 0 Å². The Morgan fingerprint density at radius 2 is 1.67 bits per heavy atom. The molecule has 0 aliphatic carbocycles. The van der Waals surface area contributed by atoms with E-state index < -0.39 is 15.6 Å². The van der Waals surface area contributed by atoms with Crippen molar-refractivity contribution in [2.45, 2.75) is 51.2 Å². The van der Waals surface area contributed by atoms with Gasteiger partial charge in [-0.1, -0.05) is 48.5 Å². The van der Waals surface area contributed by atoms with Crippen LogP contribution in [0.15, 0.2) is 59.5 Å². The second-order valence-electron chi connectivity index (χ2n) is 9.82. The van der Waals surface area contributed by atoms with Gasteiger partial charge in [0.05, 0.1) is 36.8 Å². The molecule has 1 aromatic heterocycles. The molecule has 0 bridgehead atoms. The number of carbonyl (C=O) groups excluding carboxylic acids is 1. The fourth-order valence-corrected chi connectivity index (χ4v) is 5.89. The molecule has 1 saturated heterocycles. The van der Waals surface area contributed by atoms with Crippen molar-refractivity contribution in [1.82, 2.24) is 14.1 Å². The van der Waals surface area contributed by atoms with Crippen LogP contribution in [-0.2, 0) is 37.3 Å². The second kappa shape index (κ2) is 10.5. The predicted molar refractivity (Wildman–Crippen MR) is 137 cm³/mol. The highest BCUT2D eigenvalue weighted by Crippen LogP contribution is 2.28. The van der Waals surface area contributed by atoms with Crippen LogP contribution in [0.4, 0.5) is 0 Å². The standard InChI is InChI=1S/C27H33N3O5S/c1-20-23(18-25(31)35-27(2,3)4)26(21-10-6-5-7-11-21)28-30(20)19-22-12-8-9-13-24(22)36(32,33)29-14-16-34-17-15-29/h5-13H,14-19H2,1-4H3. The predicted octanol–water partition coefficient (Wildman–Crippen LogP) is 3.81. The fraction of sp³-hybridized carbons (Fsp3) is 0.407. The first-order valence-corrected chi connectivity index (χ1v) is 13.5. The third-order valence-electron chi connectivity index (χ3n) is 6.00. The van der Waals surface area contributed by atoms with Crippen LogP contribution >= 0.6 is 0 Å². The number of nitrogens with zero attached hydrogens (tertiary/aromatic N) is 3. The van der Waals surface area contributed by atoms with Gasteiger partial charge in [0.25, 0.3) is 0 Å². The Morgan fingerprint density at radius 1 is 1.03 bits per heavy atom. The number of esters is 1. The summed E-state index contributed by atoms with van der Waals surface area (Å²) in [4.78, 5) is 13.0. The Morgan fingerprint density at radius 3 is 2.33 bits per heavy atom. The van der Waals surface area contributed by atoms with Gasteiger partial charge in [-0.05, 0) is 39.3 Å². The van der Waals surface area contributed by atoms with E-state index >= 15 is 0 Å².